The van der Waals surface area contributed by atoms with E-state index >= 15 is 0 Å². The van der Waals surface area contributed by atoms with Crippen LogP contribution in [0, 0.1) is 17.8 Å². The van der Waals surface area contributed by atoms with Gasteiger partial charge in [0, 0.05) is 87.6 Å². The maximum Gasteiger partial charge on any atom is 0.316 e. The van der Waals surface area contributed by atoms with Crippen LogP contribution in [0.15, 0.2) is 39.2 Å². The van der Waals surface area contributed by atoms with Crippen molar-refractivity contribution in [1.82, 2.24) is 63.8 Å². The highest BCUT2D eigenvalue weighted by molar-refractivity contribution is 5.86. The van der Waals surface area contributed by atoms with Gasteiger partial charge in [0.15, 0.2) is 17.9 Å². The number of urea groups is 3. The van der Waals surface area contributed by atoms with Gasteiger partial charge in [0.05, 0.1) is 36.3 Å². The molecule has 0 aliphatic heterocycles. The minimum atomic E-state index is -0.923. The number of nitrogens with zero attached hydrogens (tertiary/aromatic N) is 3. The van der Waals surface area contributed by atoms with E-state index in [1.54, 1.807) is 45.0 Å². The van der Waals surface area contributed by atoms with E-state index in [2.05, 4.69) is 78.8 Å². The first kappa shape index (κ1) is 78.3. The molecule has 95 heavy (non-hydrogen) atoms. The largest absolute Gasteiger partial charge is 0.508 e. The highest BCUT2D eigenvalue weighted by Crippen LogP contribution is 2.28. The lowest BCUT2D eigenvalue weighted by Gasteiger charge is -2.33. The van der Waals surface area contributed by atoms with E-state index < -0.39 is 126 Å². The maximum atomic E-state index is 14.0. The van der Waals surface area contributed by atoms with Gasteiger partial charge in [-0.1, -0.05) is 50.7 Å². The predicted molar refractivity (Wildman–Crippen MR) is 358 cm³/mol. The van der Waals surface area contributed by atoms with E-state index in [1.165, 1.54) is 0 Å². The molecular formula is C61H107N23O11. The fraction of sp³-hybridized carbons (Fsp3) is 0.689. The number of phenols is 1. The Bertz CT molecular complexity index is 2760. The fourth-order valence-electron chi connectivity index (χ4n) is 12.2. The number of carbonyl (C=O) groups excluding carboxylic acids is 10. The van der Waals surface area contributed by atoms with Crippen LogP contribution in [0.25, 0.3) is 0 Å². The first-order valence-corrected chi connectivity index (χ1v) is 33.1. The quantitative estimate of drug-likeness (QED) is 0.0147. The number of nitrogens with one attached hydrogen (secondary N) is 12. The van der Waals surface area contributed by atoms with Crippen molar-refractivity contribution in [2.75, 3.05) is 19.6 Å². The third kappa shape index (κ3) is 32.1. The molecule has 0 heterocycles. The van der Waals surface area contributed by atoms with Crippen molar-refractivity contribution in [3.63, 3.8) is 0 Å². The summed E-state index contributed by atoms with van der Waals surface area (Å²) in [5, 5.41) is 43.5. The molecule has 29 N–H and O–H groups in total. The molecule has 532 valence electrons. The summed E-state index contributed by atoms with van der Waals surface area (Å²) in [7, 11) is 0. The lowest BCUT2D eigenvalue weighted by Crippen LogP contribution is -2.56. The van der Waals surface area contributed by atoms with Gasteiger partial charge in [-0.15, -0.1) is 0 Å². The molecule has 3 fully saturated rings. The number of aliphatic imine (C=N–C) groups is 3. The molecule has 0 spiro atoms. The summed E-state index contributed by atoms with van der Waals surface area (Å²) in [6.45, 7) is 5.43. The van der Waals surface area contributed by atoms with Gasteiger partial charge in [0.2, 0.25) is 41.4 Å². The Kier molecular flexibility index (Phi) is 34.3. The first-order valence-electron chi connectivity index (χ1n) is 33.1. The van der Waals surface area contributed by atoms with Gasteiger partial charge in [0.25, 0.3) is 0 Å². The predicted octanol–water partition coefficient (Wildman–Crippen LogP) is -2.12. The molecule has 34 nitrogen and oxygen atoms in total. The van der Waals surface area contributed by atoms with Crippen LogP contribution in [0.4, 0.5) is 14.4 Å². The molecule has 34 heteroatoms. The molecule has 0 saturated heterocycles. The zero-order valence-electron chi connectivity index (χ0n) is 55.2. The van der Waals surface area contributed by atoms with Gasteiger partial charge in [0.1, 0.15) is 5.75 Å². The monoisotopic (exact) mass is 1340 g/mol. The molecule has 13 amide bonds. The molecular weight excluding hydrogens is 1230 g/mol. The summed E-state index contributed by atoms with van der Waals surface area (Å²) >= 11 is 0. The van der Waals surface area contributed by atoms with Gasteiger partial charge in [-0.3, -0.25) is 48.5 Å². The zero-order valence-corrected chi connectivity index (χ0v) is 55.2. The normalized spacial score (nSPS) is 20.5. The van der Waals surface area contributed by atoms with Crippen LogP contribution < -0.4 is 110 Å². The summed E-state index contributed by atoms with van der Waals surface area (Å²) in [6.07, 6.45) is 6.85. The van der Waals surface area contributed by atoms with E-state index in [4.69, 9.17) is 45.9 Å². The van der Waals surface area contributed by atoms with E-state index in [0.717, 1.165) is 31.2 Å². The van der Waals surface area contributed by atoms with Crippen LogP contribution in [-0.4, -0.2) is 163 Å². The van der Waals surface area contributed by atoms with Crippen LogP contribution in [-0.2, 0) is 40.0 Å². The number of carbonyl (C=O) groups is 10. The molecule has 13 atom stereocenters. The molecule has 0 bridgehead atoms. The third-order valence-corrected chi connectivity index (χ3v) is 16.7. The number of nitrogens with two attached hydrogens (primary N) is 8. The number of phenolic OH excluding ortho intramolecular Hbond substituents is 1. The van der Waals surface area contributed by atoms with Crippen molar-refractivity contribution in [3.05, 3.63) is 29.8 Å². The van der Waals surface area contributed by atoms with Gasteiger partial charge in [-0.05, 0) is 122 Å². The molecule has 0 unspecified atom stereocenters. The van der Waals surface area contributed by atoms with Gasteiger partial charge in [-0.2, -0.15) is 0 Å². The van der Waals surface area contributed by atoms with E-state index in [-0.39, 0.29) is 93.6 Å². The summed E-state index contributed by atoms with van der Waals surface area (Å²) in [5.41, 5.74) is 45.5. The second-order valence-electron chi connectivity index (χ2n) is 25.1. The SMILES string of the molecule is C[C@@H](NC(=O)N[C@@H](CCCN=C(N)N)CC(N)=O)NC(=O)[C@H]1CCCC[C@@H]1NC(=O)C[C@H](CCCN=C(N)N)NC(=O)N[C@H](C)NC(=O)[C@H]1CCCC[C@@H]1NC(=O)C[C@H](CCCN=C(N)N)NC(=O)N[C@H](C)NC(=O)[C@H]1CCCC[C@@H]1NC(=O)C[C@@H](N)Cc1ccc(O)cc1. The topological polar surface area (TPSA) is 581 Å². The standard InChI is InChI=1S/C61H107N23O11/c1-34(76-59(93)79-39(31-49(63)86)13-10-26-70-56(64)65)73-54(91)44-17-5-8-20-47(44)83-51(88)33-41(15-12-28-72-58(68)69)81-61(95)78-36(3)75-55(92)45-18-6-9-21-48(45)84-52(89)32-40(14-11-27-71-57(66)67)80-60(94)77-35(2)74-53(90)43-16-4-7-19-46(43)82-50(87)30-38(62)29-37-22-24-42(85)25-23-37/h22-25,34-36,38-41,43-48,85H,4-21,26-33,62H2,1-3H3,(H2,63,86)(H,73,91)(H,74,90)(H,75,92)(H,82,87)(H,83,88)(H,84,89)(H4,64,65,70)(H4,66,67,71)(H4,68,69,72)(H2,76,79,93)(H2,77,80,94)(H2,78,81,95)/t34-,35-,36-,38+,39+,40+,41+,43+,44+,45+,46+,47+,48+/m1/s1. The Morgan fingerprint density at radius 3 is 1.05 bits per heavy atom. The first-order chi connectivity index (χ1) is 45.1. The molecule has 4 rings (SSSR count). The minimum absolute atomic E-state index is 0.0344. The van der Waals surface area contributed by atoms with Gasteiger partial charge in [-0.25, -0.2) is 14.4 Å². The molecule has 3 saturated carbocycles. The minimum Gasteiger partial charge on any atom is -0.508 e. The van der Waals surface area contributed by atoms with Crippen LogP contribution in [0.3, 0.4) is 0 Å². The van der Waals surface area contributed by atoms with E-state index in [9.17, 15) is 53.1 Å². The average molecular weight is 1340 g/mol. The lowest BCUT2D eigenvalue weighted by atomic mass is 9.83. The highest BCUT2D eigenvalue weighted by atomic mass is 16.3. The van der Waals surface area contributed by atoms with Crippen LogP contribution in [0.1, 0.15) is 168 Å². The lowest BCUT2D eigenvalue weighted by molar-refractivity contribution is -0.130. The smallest absolute Gasteiger partial charge is 0.316 e. The van der Waals surface area contributed by atoms with Crippen molar-refractivity contribution in [3.8, 4) is 5.75 Å². The van der Waals surface area contributed by atoms with Crippen LogP contribution in [0.5, 0.6) is 5.75 Å². The summed E-state index contributed by atoms with van der Waals surface area (Å²) in [4.78, 5) is 146. The van der Waals surface area contributed by atoms with Crippen molar-refractivity contribution < 1.29 is 53.1 Å². The van der Waals surface area contributed by atoms with Crippen molar-refractivity contribution in [1.29, 1.82) is 0 Å². The molecule has 3 aliphatic carbocycles. The van der Waals surface area contributed by atoms with Crippen molar-refractivity contribution in [2.45, 2.75) is 229 Å². The highest BCUT2D eigenvalue weighted by Gasteiger charge is 2.37. The summed E-state index contributed by atoms with van der Waals surface area (Å²) in [6, 6.07) is 0.373. The van der Waals surface area contributed by atoms with Gasteiger partial charge >= 0.3 is 18.1 Å². The summed E-state index contributed by atoms with van der Waals surface area (Å²) < 4.78 is 0. The van der Waals surface area contributed by atoms with Crippen LogP contribution in [0.2, 0.25) is 0 Å². The number of rotatable bonds is 37. The van der Waals surface area contributed by atoms with E-state index in [0.29, 0.717) is 83.5 Å². The number of hydrogen-bond donors (Lipinski definition) is 21. The Labute approximate surface area is 555 Å². The third-order valence-electron chi connectivity index (χ3n) is 16.7. The number of benzene rings is 1. The number of hydrogen-bond acceptors (Lipinski definition) is 15. The maximum absolute atomic E-state index is 14.0. The van der Waals surface area contributed by atoms with Gasteiger partial charge < -0.3 is 115 Å². The number of aromatic hydroxyl groups is 1. The second-order valence-corrected chi connectivity index (χ2v) is 25.1. The zero-order chi connectivity index (χ0) is 70.0. The van der Waals surface area contributed by atoms with E-state index in [1.807, 2.05) is 0 Å². The molecule has 1 aromatic rings. The molecule has 1 aromatic carbocycles. The number of amides is 13. The number of primary amides is 1. The molecule has 0 radical (unpaired) electrons. The number of guanidine groups is 3. The van der Waals surface area contributed by atoms with Crippen molar-refractivity contribution in [2.24, 2.45) is 78.6 Å². The Hall–Kier alpha value is -9.11. The Morgan fingerprint density at radius 2 is 0.737 bits per heavy atom. The fourth-order valence-corrected chi connectivity index (χ4v) is 12.2. The average Bonchev–Trinajstić information content (AvgIpc) is 0.905. The second kappa shape index (κ2) is 41.6. The Balaban J connectivity index is 1.29. The Morgan fingerprint density at radius 1 is 0.432 bits per heavy atom. The molecule has 3 aliphatic rings. The van der Waals surface area contributed by atoms with Crippen molar-refractivity contribution >= 4 is 77.3 Å². The van der Waals surface area contributed by atoms with Crippen LogP contribution >= 0.6 is 0 Å². The summed E-state index contributed by atoms with van der Waals surface area (Å²) in [5.74, 6) is -5.07. The molecule has 0 aromatic heterocycles.